The molecule has 0 spiro atoms. The molecule has 2 N–H and O–H groups in total. The number of carboxylic acid groups (broad SMARTS) is 1. The highest BCUT2D eigenvalue weighted by Crippen LogP contribution is 2.56. The van der Waals surface area contributed by atoms with E-state index in [4.69, 9.17) is 5.11 Å². The second kappa shape index (κ2) is 7.70. The van der Waals surface area contributed by atoms with Gasteiger partial charge in [0.05, 0.1) is 4.90 Å². The van der Waals surface area contributed by atoms with Gasteiger partial charge in [-0.1, -0.05) is 30.4 Å². The molecular formula is C19H25NO4S. The minimum atomic E-state index is -3.47. The van der Waals surface area contributed by atoms with Gasteiger partial charge in [-0.25, -0.2) is 13.1 Å². The molecule has 4 atom stereocenters. The number of rotatable bonds is 9. The topological polar surface area (TPSA) is 83.5 Å². The van der Waals surface area contributed by atoms with E-state index in [0.717, 1.165) is 19.3 Å². The molecule has 0 unspecified atom stereocenters. The van der Waals surface area contributed by atoms with Crippen LogP contribution >= 0.6 is 0 Å². The van der Waals surface area contributed by atoms with Gasteiger partial charge < -0.3 is 5.11 Å². The van der Waals surface area contributed by atoms with Crippen LogP contribution in [-0.4, -0.2) is 25.5 Å². The summed E-state index contributed by atoms with van der Waals surface area (Å²) < 4.78 is 28.0. The summed E-state index contributed by atoms with van der Waals surface area (Å²) in [6, 6.07) is 8.51. The summed E-state index contributed by atoms with van der Waals surface area (Å²) in [6.45, 7) is 0. The first kappa shape index (κ1) is 18.1. The number of sulfonamides is 1. The molecule has 0 amide bonds. The largest absolute Gasteiger partial charge is 0.481 e. The molecule has 1 aromatic rings. The summed E-state index contributed by atoms with van der Waals surface area (Å²) in [7, 11) is -3.47. The van der Waals surface area contributed by atoms with Gasteiger partial charge in [0.2, 0.25) is 10.0 Å². The van der Waals surface area contributed by atoms with Crippen molar-refractivity contribution in [2.24, 2.45) is 17.8 Å². The Morgan fingerprint density at radius 2 is 1.96 bits per heavy atom. The monoisotopic (exact) mass is 363 g/mol. The third-order valence-corrected chi connectivity index (χ3v) is 6.80. The highest BCUT2D eigenvalue weighted by atomic mass is 32.2. The molecule has 0 heterocycles. The van der Waals surface area contributed by atoms with Crippen LogP contribution in [0.4, 0.5) is 0 Å². The first-order valence-electron chi connectivity index (χ1n) is 8.91. The summed E-state index contributed by atoms with van der Waals surface area (Å²) >= 11 is 0. The minimum absolute atomic E-state index is 0.00220. The molecular weight excluding hydrogens is 338 g/mol. The molecule has 5 nitrogen and oxygen atoms in total. The Labute approximate surface area is 149 Å². The van der Waals surface area contributed by atoms with E-state index in [1.807, 2.05) is 12.1 Å². The van der Waals surface area contributed by atoms with Crippen molar-refractivity contribution in [3.05, 3.63) is 42.5 Å². The quantitative estimate of drug-likeness (QED) is 0.521. The molecule has 6 heteroatoms. The van der Waals surface area contributed by atoms with Crippen molar-refractivity contribution in [2.75, 3.05) is 0 Å². The van der Waals surface area contributed by atoms with Gasteiger partial charge in [-0.05, 0) is 62.0 Å². The Bertz CT molecular complexity index is 729. The van der Waals surface area contributed by atoms with Gasteiger partial charge in [-0.3, -0.25) is 4.79 Å². The zero-order valence-corrected chi connectivity index (χ0v) is 15.0. The highest BCUT2D eigenvalue weighted by molar-refractivity contribution is 7.89. The summed E-state index contributed by atoms with van der Waals surface area (Å²) in [6.07, 6.45) is 8.71. The predicted molar refractivity (Wildman–Crippen MR) is 95.5 cm³/mol. The van der Waals surface area contributed by atoms with Crippen LogP contribution in [0.1, 0.15) is 38.5 Å². The van der Waals surface area contributed by atoms with Crippen molar-refractivity contribution in [1.29, 1.82) is 0 Å². The average Bonchev–Trinajstić information content (AvgIpc) is 3.25. The molecule has 0 aliphatic heterocycles. The Morgan fingerprint density at radius 1 is 1.20 bits per heavy atom. The standard InChI is InChI=1S/C19H25NO4S/c21-19(22)11-7-2-1-6-10-16-17-12-14(17)13-18(16)20-25(23,24)15-8-4-3-5-9-15/h1,3-6,8-9,14,16-18,20H,2,7,10-13H2,(H,21,22)/b6-1-/t14-,16+,17-,18+/m1/s1. The van der Waals surface area contributed by atoms with Crippen molar-refractivity contribution in [3.8, 4) is 0 Å². The van der Waals surface area contributed by atoms with Crippen LogP contribution in [0.2, 0.25) is 0 Å². The van der Waals surface area contributed by atoms with E-state index in [1.165, 1.54) is 6.42 Å². The fourth-order valence-corrected chi connectivity index (χ4v) is 5.27. The Morgan fingerprint density at radius 3 is 2.68 bits per heavy atom. The van der Waals surface area contributed by atoms with E-state index in [9.17, 15) is 13.2 Å². The van der Waals surface area contributed by atoms with Gasteiger partial charge in [0.15, 0.2) is 0 Å². The lowest BCUT2D eigenvalue weighted by Gasteiger charge is -2.22. The number of benzene rings is 1. The van der Waals surface area contributed by atoms with Gasteiger partial charge in [0.25, 0.3) is 0 Å². The minimum Gasteiger partial charge on any atom is -0.481 e. The summed E-state index contributed by atoms with van der Waals surface area (Å²) in [5, 5.41) is 8.63. The van der Waals surface area contributed by atoms with Gasteiger partial charge in [-0.2, -0.15) is 0 Å². The van der Waals surface area contributed by atoms with E-state index in [-0.39, 0.29) is 12.5 Å². The number of hydrogen-bond acceptors (Lipinski definition) is 3. The van der Waals surface area contributed by atoms with Crippen molar-refractivity contribution >= 4 is 16.0 Å². The van der Waals surface area contributed by atoms with Crippen molar-refractivity contribution in [1.82, 2.24) is 4.72 Å². The van der Waals surface area contributed by atoms with Crippen LogP contribution in [0.3, 0.4) is 0 Å². The van der Waals surface area contributed by atoms with Crippen molar-refractivity contribution < 1.29 is 18.3 Å². The first-order chi connectivity index (χ1) is 12.0. The van der Waals surface area contributed by atoms with Crippen LogP contribution in [0.25, 0.3) is 0 Å². The van der Waals surface area contributed by atoms with E-state index < -0.39 is 16.0 Å². The number of allylic oxidation sites excluding steroid dienone is 2. The molecule has 2 fully saturated rings. The SMILES string of the molecule is O=C(O)CCC/C=C\C[C@H]1[C@@H]2C[C@@H]2C[C@@H]1NS(=O)(=O)c1ccccc1. The molecule has 0 bridgehead atoms. The van der Waals surface area contributed by atoms with Crippen LogP contribution in [0.5, 0.6) is 0 Å². The summed E-state index contributed by atoms with van der Waals surface area (Å²) in [5.41, 5.74) is 0. The predicted octanol–water partition coefficient (Wildman–Crippen LogP) is 3.19. The number of hydrogen-bond donors (Lipinski definition) is 2. The van der Waals surface area contributed by atoms with Crippen LogP contribution in [0, 0.1) is 17.8 Å². The number of nitrogens with one attached hydrogen (secondary N) is 1. The molecule has 25 heavy (non-hydrogen) atoms. The average molecular weight is 363 g/mol. The Hall–Kier alpha value is -1.66. The molecule has 2 aliphatic carbocycles. The molecule has 2 saturated carbocycles. The normalized spacial score (nSPS) is 28.2. The van der Waals surface area contributed by atoms with E-state index >= 15 is 0 Å². The van der Waals surface area contributed by atoms with Gasteiger partial charge in [0, 0.05) is 12.5 Å². The van der Waals surface area contributed by atoms with Crippen molar-refractivity contribution in [3.63, 3.8) is 0 Å². The van der Waals surface area contributed by atoms with E-state index in [0.29, 0.717) is 29.1 Å². The number of unbranched alkanes of at least 4 members (excludes halogenated alkanes) is 1. The third-order valence-electron chi connectivity index (χ3n) is 5.30. The molecule has 0 radical (unpaired) electrons. The zero-order chi connectivity index (χ0) is 17.9. The van der Waals surface area contributed by atoms with Gasteiger partial charge in [0.1, 0.15) is 0 Å². The maximum absolute atomic E-state index is 12.5. The molecule has 0 aromatic heterocycles. The second-order valence-electron chi connectivity index (χ2n) is 7.09. The van der Waals surface area contributed by atoms with Crippen LogP contribution in [-0.2, 0) is 14.8 Å². The smallest absolute Gasteiger partial charge is 0.303 e. The number of aliphatic carboxylic acids is 1. The Balaban J connectivity index is 1.55. The fourth-order valence-electron chi connectivity index (χ4n) is 3.95. The van der Waals surface area contributed by atoms with Gasteiger partial charge in [-0.15, -0.1) is 0 Å². The second-order valence-corrected chi connectivity index (χ2v) is 8.81. The summed E-state index contributed by atoms with van der Waals surface area (Å²) in [5.74, 6) is 0.876. The molecule has 0 saturated heterocycles. The molecule has 136 valence electrons. The molecule has 3 rings (SSSR count). The van der Waals surface area contributed by atoms with E-state index in [1.54, 1.807) is 24.3 Å². The van der Waals surface area contributed by atoms with Gasteiger partial charge >= 0.3 is 5.97 Å². The Kier molecular flexibility index (Phi) is 5.59. The number of carboxylic acids is 1. The lowest BCUT2D eigenvalue weighted by Crippen LogP contribution is -2.38. The zero-order valence-electron chi connectivity index (χ0n) is 14.2. The maximum atomic E-state index is 12.5. The maximum Gasteiger partial charge on any atom is 0.303 e. The molecule has 1 aromatic carbocycles. The first-order valence-corrected chi connectivity index (χ1v) is 10.4. The number of fused-ring (bicyclic) bond motifs is 1. The van der Waals surface area contributed by atoms with Crippen LogP contribution in [0.15, 0.2) is 47.4 Å². The lowest BCUT2D eigenvalue weighted by atomic mass is 9.95. The lowest BCUT2D eigenvalue weighted by molar-refractivity contribution is -0.137. The fraction of sp³-hybridized carbons (Fsp3) is 0.526. The van der Waals surface area contributed by atoms with Crippen molar-refractivity contribution in [2.45, 2.75) is 49.5 Å². The van der Waals surface area contributed by atoms with E-state index in [2.05, 4.69) is 10.8 Å². The number of carbonyl (C=O) groups is 1. The third kappa shape index (κ3) is 4.70. The summed E-state index contributed by atoms with van der Waals surface area (Å²) in [4.78, 5) is 10.8. The molecule has 2 aliphatic rings. The van der Waals surface area contributed by atoms with Crippen LogP contribution < -0.4 is 4.72 Å². The highest BCUT2D eigenvalue weighted by Gasteiger charge is 2.53.